The van der Waals surface area contributed by atoms with Crippen LogP contribution < -0.4 is 11.1 Å². The van der Waals surface area contributed by atoms with E-state index in [0.717, 1.165) is 0 Å². The minimum absolute atomic E-state index is 0. The average Bonchev–Trinajstić information content (AvgIpc) is 2.15. The normalized spacial score (nSPS) is 16.2. The van der Waals surface area contributed by atoms with Crippen molar-refractivity contribution < 1.29 is 9.53 Å². The molecule has 0 aromatic rings. The number of carbonyl (C=O) groups is 1. The van der Waals surface area contributed by atoms with Crippen LogP contribution in [-0.2, 0) is 4.74 Å². The van der Waals surface area contributed by atoms with Crippen molar-refractivity contribution in [2.24, 2.45) is 5.73 Å². The van der Waals surface area contributed by atoms with Gasteiger partial charge in [-0.2, -0.15) is 0 Å². The summed E-state index contributed by atoms with van der Waals surface area (Å²) in [5.41, 5.74) is 5.25. The van der Waals surface area contributed by atoms with Crippen LogP contribution in [0.2, 0.25) is 0 Å². The molecule has 0 aromatic heterocycles. The Morgan fingerprint density at radius 2 is 2.08 bits per heavy atom. The van der Waals surface area contributed by atoms with Crippen molar-refractivity contribution in [3.63, 3.8) is 0 Å². The fourth-order valence-corrected chi connectivity index (χ4v) is 1.06. The van der Waals surface area contributed by atoms with E-state index >= 15 is 0 Å². The zero-order valence-electron chi connectivity index (χ0n) is 7.49. The van der Waals surface area contributed by atoms with Gasteiger partial charge < -0.3 is 20.7 Å². The van der Waals surface area contributed by atoms with Crippen LogP contribution in [0.25, 0.3) is 0 Å². The highest BCUT2D eigenvalue weighted by molar-refractivity contribution is 5.85. The van der Waals surface area contributed by atoms with Crippen LogP contribution in [0.3, 0.4) is 0 Å². The highest BCUT2D eigenvalue weighted by Crippen LogP contribution is 1.95. The molecule has 13 heavy (non-hydrogen) atoms. The second kappa shape index (κ2) is 6.94. The lowest BCUT2D eigenvalue weighted by Gasteiger charge is -2.26. The van der Waals surface area contributed by atoms with E-state index in [-0.39, 0.29) is 18.4 Å². The second-order valence-electron chi connectivity index (χ2n) is 2.62. The monoisotopic (exact) mass is 209 g/mol. The number of halogens is 1. The van der Waals surface area contributed by atoms with Crippen molar-refractivity contribution in [1.82, 2.24) is 10.2 Å². The summed E-state index contributed by atoms with van der Waals surface area (Å²) in [6, 6.07) is -0.0382. The molecule has 0 aromatic carbocycles. The van der Waals surface area contributed by atoms with Crippen LogP contribution in [0.1, 0.15) is 0 Å². The third-order valence-corrected chi connectivity index (χ3v) is 1.72. The molecule has 6 heteroatoms. The molecule has 1 rings (SSSR count). The molecule has 0 aliphatic carbocycles. The lowest BCUT2D eigenvalue weighted by atomic mass is 10.4. The number of urea groups is 1. The van der Waals surface area contributed by atoms with Crippen LogP contribution in [0.5, 0.6) is 0 Å². The molecule has 0 saturated carbocycles. The van der Waals surface area contributed by atoms with Crippen LogP contribution >= 0.6 is 12.4 Å². The molecule has 1 fully saturated rings. The average molecular weight is 210 g/mol. The zero-order chi connectivity index (χ0) is 8.81. The summed E-state index contributed by atoms with van der Waals surface area (Å²) >= 11 is 0. The Kier molecular flexibility index (Phi) is 6.66. The van der Waals surface area contributed by atoms with Crippen molar-refractivity contribution >= 4 is 18.4 Å². The van der Waals surface area contributed by atoms with E-state index in [0.29, 0.717) is 39.4 Å². The lowest BCUT2D eigenvalue weighted by Crippen LogP contribution is -2.47. The van der Waals surface area contributed by atoms with Gasteiger partial charge in [-0.15, -0.1) is 12.4 Å². The maximum atomic E-state index is 11.3. The first-order chi connectivity index (χ1) is 5.84. The molecule has 0 atom stereocenters. The summed E-state index contributed by atoms with van der Waals surface area (Å²) in [7, 11) is 0. The fraction of sp³-hybridized carbons (Fsp3) is 0.857. The predicted molar refractivity (Wildman–Crippen MR) is 52.1 cm³/mol. The molecule has 2 amide bonds. The van der Waals surface area contributed by atoms with E-state index in [1.165, 1.54) is 0 Å². The third kappa shape index (κ3) is 4.31. The third-order valence-electron chi connectivity index (χ3n) is 1.72. The van der Waals surface area contributed by atoms with Gasteiger partial charge in [0, 0.05) is 26.2 Å². The molecule has 1 aliphatic heterocycles. The number of morpholine rings is 1. The number of hydrogen-bond acceptors (Lipinski definition) is 3. The lowest BCUT2D eigenvalue weighted by molar-refractivity contribution is 0.0533. The Morgan fingerprint density at radius 3 is 2.62 bits per heavy atom. The molecule has 0 radical (unpaired) electrons. The first-order valence-corrected chi connectivity index (χ1v) is 4.15. The van der Waals surface area contributed by atoms with E-state index in [1.54, 1.807) is 4.90 Å². The van der Waals surface area contributed by atoms with E-state index in [4.69, 9.17) is 10.5 Å². The number of nitrogens with one attached hydrogen (secondary N) is 1. The largest absolute Gasteiger partial charge is 0.378 e. The smallest absolute Gasteiger partial charge is 0.317 e. The van der Waals surface area contributed by atoms with Crippen molar-refractivity contribution in [1.29, 1.82) is 0 Å². The molecule has 1 aliphatic rings. The summed E-state index contributed by atoms with van der Waals surface area (Å²) in [6.07, 6.45) is 0. The molecule has 0 bridgehead atoms. The Labute approximate surface area is 84.0 Å². The Hall–Kier alpha value is -0.520. The van der Waals surface area contributed by atoms with Crippen LogP contribution in [0.15, 0.2) is 0 Å². The summed E-state index contributed by atoms with van der Waals surface area (Å²) in [5, 5.41) is 2.71. The number of nitrogens with two attached hydrogens (primary N) is 1. The van der Waals surface area contributed by atoms with Crippen molar-refractivity contribution in [3.05, 3.63) is 0 Å². The van der Waals surface area contributed by atoms with Crippen LogP contribution in [0, 0.1) is 0 Å². The molecule has 0 spiro atoms. The molecular formula is C7H16ClN3O2. The number of carbonyl (C=O) groups excluding carboxylic acids is 1. The van der Waals surface area contributed by atoms with E-state index in [2.05, 4.69) is 5.32 Å². The Morgan fingerprint density at radius 1 is 1.46 bits per heavy atom. The van der Waals surface area contributed by atoms with E-state index in [1.807, 2.05) is 0 Å². The van der Waals surface area contributed by atoms with Gasteiger partial charge in [0.05, 0.1) is 13.2 Å². The molecule has 78 valence electrons. The van der Waals surface area contributed by atoms with Gasteiger partial charge in [-0.3, -0.25) is 0 Å². The standard InChI is InChI=1S/C7H15N3O2.ClH/c8-1-2-9-7(11)10-3-5-12-6-4-10;/h1-6,8H2,(H,9,11);1H. The molecule has 0 unspecified atom stereocenters. The topological polar surface area (TPSA) is 67.6 Å². The number of amides is 2. The molecule has 3 N–H and O–H groups in total. The minimum Gasteiger partial charge on any atom is -0.378 e. The SMILES string of the molecule is Cl.NCCNC(=O)N1CCOCC1. The Bertz CT molecular complexity index is 151. The van der Waals surface area contributed by atoms with E-state index < -0.39 is 0 Å². The number of nitrogens with zero attached hydrogens (tertiary/aromatic N) is 1. The van der Waals surface area contributed by atoms with Crippen molar-refractivity contribution in [2.75, 3.05) is 39.4 Å². The van der Waals surface area contributed by atoms with Gasteiger partial charge in [0.15, 0.2) is 0 Å². The van der Waals surface area contributed by atoms with Crippen LogP contribution in [-0.4, -0.2) is 50.3 Å². The predicted octanol–water partition coefficient (Wildman–Crippen LogP) is -0.591. The summed E-state index contributed by atoms with van der Waals surface area (Å²) in [6.45, 7) is 3.64. The molecule has 1 saturated heterocycles. The first-order valence-electron chi connectivity index (χ1n) is 4.15. The van der Waals surface area contributed by atoms with Gasteiger partial charge in [0.1, 0.15) is 0 Å². The minimum atomic E-state index is -0.0382. The number of rotatable bonds is 2. The van der Waals surface area contributed by atoms with Gasteiger partial charge in [-0.1, -0.05) is 0 Å². The number of ether oxygens (including phenoxy) is 1. The Balaban J connectivity index is 0.00000144. The van der Waals surface area contributed by atoms with Crippen LogP contribution in [0.4, 0.5) is 4.79 Å². The van der Waals surface area contributed by atoms with Gasteiger partial charge in [0.2, 0.25) is 0 Å². The summed E-state index contributed by atoms with van der Waals surface area (Å²) in [4.78, 5) is 13.0. The molecule has 1 heterocycles. The molecule has 5 nitrogen and oxygen atoms in total. The van der Waals surface area contributed by atoms with Crippen molar-refractivity contribution in [2.45, 2.75) is 0 Å². The van der Waals surface area contributed by atoms with Gasteiger partial charge in [-0.25, -0.2) is 4.79 Å². The highest BCUT2D eigenvalue weighted by Gasteiger charge is 2.15. The first kappa shape index (κ1) is 12.5. The highest BCUT2D eigenvalue weighted by atomic mass is 35.5. The zero-order valence-corrected chi connectivity index (χ0v) is 8.31. The number of hydrogen-bond donors (Lipinski definition) is 2. The van der Waals surface area contributed by atoms with Crippen molar-refractivity contribution in [3.8, 4) is 0 Å². The maximum Gasteiger partial charge on any atom is 0.317 e. The van der Waals surface area contributed by atoms with E-state index in [9.17, 15) is 4.79 Å². The summed E-state index contributed by atoms with van der Waals surface area (Å²) in [5.74, 6) is 0. The van der Waals surface area contributed by atoms with Gasteiger partial charge in [0.25, 0.3) is 0 Å². The summed E-state index contributed by atoms with van der Waals surface area (Å²) < 4.78 is 5.11. The molecular weight excluding hydrogens is 194 g/mol. The second-order valence-corrected chi connectivity index (χ2v) is 2.62. The van der Waals surface area contributed by atoms with Gasteiger partial charge in [-0.05, 0) is 0 Å². The fourth-order valence-electron chi connectivity index (χ4n) is 1.06. The quantitative estimate of drug-likeness (QED) is 0.639. The maximum absolute atomic E-state index is 11.3. The van der Waals surface area contributed by atoms with Gasteiger partial charge >= 0.3 is 6.03 Å².